The van der Waals surface area contributed by atoms with Crippen molar-refractivity contribution in [2.75, 3.05) is 17.1 Å². The van der Waals surface area contributed by atoms with E-state index in [0.717, 1.165) is 30.4 Å². The fourth-order valence-corrected chi connectivity index (χ4v) is 4.66. The minimum atomic E-state index is -3.50. The molecule has 2 aromatic carbocycles. The number of hydrogen-bond donors (Lipinski definition) is 1. The number of amides is 1. The molecule has 0 aliphatic rings. The molecular weight excluding hydrogens is 432 g/mol. The number of sulfonamides is 1. The molecule has 0 saturated heterocycles. The maximum absolute atomic E-state index is 12.5. The zero-order chi connectivity index (χ0) is 23.0. The van der Waals surface area contributed by atoms with Crippen molar-refractivity contribution in [3.8, 4) is 0 Å². The van der Waals surface area contributed by atoms with Crippen LogP contribution in [0.15, 0.2) is 42.5 Å². The molecule has 0 aromatic heterocycles. The molecule has 0 heterocycles. The van der Waals surface area contributed by atoms with E-state index in [9.17, 15) is 13.2 Å². The van der Waals surface area contributed by atoms with E-state index in [0.29, 0.717) is 28.7 Å². The Balaban J connectivity index is 2.09. The van der Waals surface area contributed by atoms with Gasteiger partial charge in [0.05, 0.1) is 18.5 Å². The molecule has 0 bridgehead atoms. The molecule has 1 amide bonds. The predicted octanol–water partition coefficient (Wildman–Crippen LogP) is 5.56. The van der Waals surface area contributed by atoms with Gasteiger partial charge in [-0.3, -0.25) is 9.10 Å². The Labute approximate surface area is 191 Å². The molecule has 0 unspecified atom stereocenters. The van der Waals surface area contributed by atoms with Gasteiger partial charge in [-0.25, -0.2) is 8.42 Å². The van der Waals surface area contributed by atoms with Crippen LogP contribution in [0, 0.1) is 12.8 Å². The third kappa shape index (κ3) is 7.54. The number of carbonyl (C=O) groups is 1. The summed E-state index contributed by atoms with van der Waals surface area (Å²) in [6.07, 6.45) is 5.69. The highest BCUT2D eigenvalue weighted by atomic mass is 35.5. The molecule has 1 atom stereocenters. The molecular formula is C24H33ClN2O3S. The summed E-state index contributed by atoms with van der Waals surface area (Å²) in [5, 5.41) is 3.58. The zero-order valence-corrected chi connectivity index (χ0v) is 20.4. The van der Waals surface area contributed by atoms with Gasteiger partial charge in [-0.2, -0.15) is 0 Å². The largest absolute Gasteiger partial charge is 0.352 e. The summed E-state index contributed by atoms with van der Waals surface area (Å²) in [5.41, 5.74) is 2.74. The summed E-state index contributed by atoms with van der Waals surface area (Å²) in [5.74, 6) is 0.393. The van der Waals surface area contributed by atoms with E-state index < -0.39 is 10.0 Å². The lowest BCUT2D eigenvalue weighted by Crippen LogP contribution is -2.30. The fraction of sp³-hybridized carbons (Fsp3) is 0.458. The Morgan fingerprint density at radius 3 is 2.35 bits per heavy atom. The lowest BCUT2D eigenvalue weighted by molar-refractivity contribution is 0.0946. The molecule has 2 aromatic rings. The predicted molar refractivity (Wildman–Crippen MR) is 129 cm³/mol. The van der Waals surface area contributed by atoms with Crippen molar-refractivity contribution in [3.05, 3.63) is 64.2 Å². The minimum Gasteiger partial charge on any atom is -0.352 e. The third-order valence-electron chi connectivity index (χ3n) is 5.46. The number of hydrogen-bond acceptors (Lipinski definition) is 3. The SMILES string of the molecule is CCCC[C@H](CC)CNC(=O)c1ccc(CN(c2ccc(Cl)cc2C)S(C)(=O)=O)cc1. The van der Waals surface area contributed by atoms with Crippen LogP contribution < -0.4 is 9.62 Å². The first kappa shape index (κ1) is 25.2. The second-order valence-electron chi connectivity index (χ2n) is 8.02. The Hall–Kier alpha value is -2.05. The summed E-state index contributed by atoms with van der Waals surface area (Å²) < 4.78 is 26.2. The van der Waals surface area contributed by atoms with Crippen LogP contribution in [0.1, 0.15) is 61.0 Å². The highest BCUT2D eigenvalue weighted by Gasteiger charge is 2.20. The Bertz CT molecular complexity index is 975. The molecule has 31 heavy (non-hydrogen) atoms. The Kier molecular flexibility index (Phi) is 9.38. The second kappa shape index (κ2) is 11.5. The molecule has 5 nitrogen and oxygen atoms in total. The second-order valence-corrected chi connectivity index (χ2v) is 10.4. The highest BCUT2D eigenvalue weighted by Crippen LogP contribution is 2.27. The van der Waals surface area contributed by atoms with Gasteiger partial charge in [0, 0.05) is 17.1 Å². The maximum Gasteiger partial charge on any atom is 0.251 e. The zero-order valence-electron chi connectivity index (χ0n) is 18.8. The number of benzene rings is 2. The third-order valence-corrected chi connectivity index (χ3v) is 6.83. The van der Waals surface area contributed by atoms with Gasteiger partial charge in [0.2, 0.25) is 10.0 Å². The monoisotopic (exact) mass is 464 g/mol. The molecule has 170 valence electrons. The van der Waals surface area contributed by atoms with Crippen molar-refractivity contribution < 1.29 is 13.2 Å². The van der Waals surface area contributed by atoms with Gasteiger partial charge in [0.25, 0.3) is 5.91 Å². The van der Waals surface area contributed by atoms with Crippen LogP contribution in [0.4, 0.5) is 5.69 Å². The van der Waals surface area contributed by atoms with E-state index in [1.807, 2.05) is 6.92 Å². The van der Waals surface area contributed by atoms with Gasteiger partial charge in [-0.15, -0.1) is 0 Å². The number of carbonyl (C=O) groups excluding carboxylic acids is 1. The smallest absolute Gasteiger partial charge is 0.251 e. The summed E-state index contributed by atoms with van der Waals surface area (Å²) >= 11 is 6.02. The first-order valence-electron chi connectivity index (χ1n) is 10.8. The first-order chi connectivity index (χ1) is 14.7. The molecule has 7 heteroatoms. The fourth-order valence-electron chi connectivity index (χ4n) is 3.49. The Morgan fingerprint density at radius 1 is 1.13 bits per heavy atom. The first-order valence-corrected chi connectivity index (χ1v) is 13.0. The molecule has 0 aliphatic heterocycles. The molecule has 0 spiro atoms. The van der Waals surface area contributed by atoms with E-state index in [-0.39, 0.29) is 12.5 Å². The Morgan fingerprint density at radius 2 is 1.81 bits per heavy atom. The quantitative estimate of drug-likeness (QED) is 0.473. The van der Waals surface area contributed by atoms with E-state index in [4.69, 9.17) is 11.6 Å². The van der Waals surface area contributed by atoms with Crippen LogP contribution in [0.25, 0.3) is 0 Å². The van der Waals surface area contributed by atoms with Gasteiger partial charge in [-0.1, -0.05) is 56.8 Å². The summed E-state index contributed by atoms with van der Waals surface area (Å²) in [6, 6.07) is 12.2. The van der Waals surface area contributed by atoms with Crippen LogP contribution in [0.3, 0.4) is 0 Å². The van der Waals surface area contributed by atoms with Crippen molar-refractivity contribution in [1.29, 1.82) is 0 Å². The average Bonchev–Trinajstić information content (AvgIpc) is 2.72. The number of aryl methyl sites for hydroxylation is 1. The summed E-state index contributed by atoms with van der Waals surface area (Å²) in [6.45, 7) is 7.01. The normalized spacial score (nSPS) is 12.4. The van der Waals surface area contributed by atoms with Gasteiger partial charge in [0.15, 0.2) is 0 Å². The average molecular weight is 465 g/mol. The lowest BCUT2D eigenvalue weighted by Gasteiger charge is -2.24. The maximum atomic E-state index is 12.5. The topological polar surface area (TPSA) is 66.5 Å². The van der Waals surface area contributed by atoms with Crippen LogP contribution in [-0.4, -0.2) is 27.1 Å². The summed E-state index contributed by atoms with van der Waals surface area (Å²) in [7, 11) is -3.50. The number of unbranched alkanes of at least 4 members (excludes halogenated alkanes) is 1. The van der Waals surface area contributed by atoms with Crippen LogP contribution in [0.2, 0.25) is 5.02 Å². The van der Waals surface area contributed by atoms with Gasteiger partial charge in [-0.05, 0) is 60.7 Å². The van der Waals surface area contributed by atoms with Crippen molar-refractivity contribution >= 4 is 33.2 Å². The molecule has 1 N–H and O–H groups in total. The van der Waals surface area contributed by atoms with Gasteiger partial charge >= 0.3 is 0 Å². The summed E-state index contributed by atoms with van der Waals surface area (Å²) in [4.78, 5) is 12.5. The van der Waals surface area contributed by atoms with Crippen molar-refractivity contribution in [3.63, 3.8) is 0 Å². The number of halogens is 1. The van der Waals surface area contributed by atoms with E-state index in [1.165, 1.54) is 17.0 Å². The van der Waals surface area contributed by atoms with Crippen molar-refractivity contribution in [1.82, 2.24) is 5.32 Å². The van der Waals surface area contributed by atoms with Crippen LogP contribution >= 0.6 is 11.6 Å². The number of rotatable bonds is 11. The van der Waals surface area contributed by atoms with Gasteiger partial charge in [0.1, 0.15) is 0 Å². The molecule has 0 fully saturated rings. The van der Waals surface area contributed by atoms with E-state index in [1.54, 1.807) is 42.5 Å². The number of anilines is 1. The minimum absolute atomic E-state index is 0.102. The number of nitrogens with zero attached hydrogens (tertiary/aromatic N) is 1. The van der Waals surface area contributed by atoms with E-state index in [2.05, 4.69) is 19.2 Å². The van der Waals surface area contributed by atoms with Crippen LogP contribution in [-0.2, 0) is 16.6 Å². The molecule has 0 saturated carbocycles. The number of nitrogens with one attached hydrogen (secondary N) is 1. The molecule has 0 radical (unpaired) electrons. The molecule has 0 aliphatic carbocycles. The highest BCUT2D eigenvalue weighted by molar-refractivity contribution is 7.92. The molecule has 2 rings (SSSR count). The van der Waals surface area contributed by atoms with Crippen molar-refractivity contribution in [2.24, 2.45) is 5.92 Å². The van der Waals surface area contributed by atoms with Crippen LogP contribution in [0.5, 0.6) is 0 Å². The van der Waals surface area contributed by atoms with Gasteiger partial charge < -0.3 is 5.32 Å². The lowest BCUT2D eigenvalue weighted by atomic mass is 9.99. The van der Waals surface area contributed by atoms with Crippen molar-refractivity contribution in [2.45, 2.75) is 53.0 Å². The standard InChI is InChI=1S/C24H33ClN2O3S/c1-5-7-8-19(6-2)16-26-24(28)21-11-9-20(10-12-21)17-27(31(4,29)30)23-14-13-22(25)15-18(23)3/h9-15,19H,5-8,16-17H2,1-4H3,(H,26,28)/t19-/m0/s1. The van der Waals surface area contributed by atoms with E-state index >= 15 is 0 Å².